The van der Waals surface area contributed by atoms with Crippen molar-refractivity contribution < 1.29 is 83.2 Å². The highest BCUT2D eigenvalue weighted by Crippen LogP contribution is 2.36. The highest BCUT2D eigenvalue weighted by Gasteiger charge is 2.33. The van der Waals surface area contributed by atoms with E-state index in [0.717, 1.165) is 53.5 Å². The molecule has 0 aliphatic rings. The van der Waals surface area contributed by atoms with E-state index in [-0.39, 0.29) is 70.8 Å². The van der Waals surface area contributed by atoms with Crippen molar-refractivity contribution in [2.45, 2.75) is 84.9 Å². The third-order valence-corrected chi connectivity index (χ3v) is 19.3. The number of nitrogens with one attached hydrogen (secondary N) is 4. The van der Waals surface area contributed by atoms with Gasteiger partial charge in [0, 0.05) is 82.8 Å². The van der Waals surface area contributed by atoms with E-state index in [4.69, 9.17) is 18.5 Å². The molecule has 12 aromatic rings. The van der Waals surface area contributed by atoms with E-state index in [9.17, 15) is 64.6 Å². The number of aliphatic carboxylic acids is 1. The second kappa shape index (κ2) is 36.7. The van der Waals surface area contributed by atoms with Crippen LogP contribution in [0.25, 0.3) is 67.9 Å². The monoisotopic (exact) mass is 1620 g/mol. The summed E-state index contributed by atoms with van der Waals surface area (Å²) >= 11 is 0. The zero-order valence-electron chi connectivity index (χ0n) is 65.5. The maximum atomic E-state index is 14.3. The topological polar surface area (TPSA) is 325 Å². The molecule has 6 amide bonds. The molecule has 0 fully saturated rings. The Morgan fingerprint density at radius 3 is 1.10 bits per heavy atom. The number of carbonyl (C=O) groups excluding carboxylic acids is 6. The number of methoxy groups -OCH3 is 2. The van der Waals surface area contributed by atoms with Crippen LogP contribution >= 0.6 is 0 Å². The smallest absolute Gasteiger partial charge is 0.328 e. The third-order valence-electron chi connectivity index (χ3n) is 18.7. The molecule has 24 nitrogen and oxygen atoms in total. The first-order valence-electron chi connectivity index (χ1n) is 36.8. The number of sulfonamides is 1. The fourth-order valence-corrected chi connectivity index (χ4v) is 12.9. The van der Waals surface area contributed by atoms with Crippen LogP contribution in [0, 0.1) is 13.8 Å². The van der Waals surface area contributed by atoms with Crippen LogP contribution in [0.5, 0.6) is 11.5 Å². The van der Waals surface area contributed by atoms with Crippen LogP contribution in [0.2, 0.25) is 0 Å². The molecule has 5 N–H and O–H groups in total. The molecular weight excluding hydrogens is 1540 g/mol. The minimum atomic E-state index is -3.91. The summed E-state index contributed by atoms with van der Waals surface area (Å²) in [7, 11) is -1.19. The summed E-state index contributed by atoms with van der Waals surface area (Å²) in [4.78, 5) is 102. The Hall–Kier alpha value is -14.0. The van der Waals surface area contributed by atoms with Gasteiger partial charge in [-0.3, -0.25) is 33.5 Å². The van der Waals surface area contributed by atoms with Crippen LogP contribution in [0.1, 0.15) is 92.9 Å². The Kier molecular flexibility index (Phi) is 26.4. The van der Waals surface area contributed by atoms with Gasteiger partial charge in [-0.2, -0.15) is 9.97 Å². The fraction of sp³-hybridized carbons (Fsp3) is 0.202. The van der Waals surface area contributed by atoms with Crippen molar-refractivity contribution in [3.05, 3.63) is 286 Å². The number of halogens is 4. The molecule has 0 saturated heterocycles. The van der Waals surface area contributed by atoms with Crippen LogP contribution in [-0.2, 0) is 71.8 Å². The van der Waals surface area contributed by atoms with Gasteiger partial charge in [0.2, 0.25) is 39.4 Å². The van der Waals surface area contributed by atoms with E-state index in [0.29, 0.717) is 57.1 Å². The lowest BCUT2D eigenvalue weighted by Crippen LogP contribution is -2.53. The molecule has 0 unspecified atom stereocenters. The van der Waals surface area contributed by atoms with Gasteiger partial charge >= 0.3 is 5.97 Å². The van der Waals surface area contributed by atoms with Gasteiger partial charge in [-0.1, -0.05) is 155 Å². The van der Waals surface area contributed by atoms with Gasteiger partial charge in [0.25, 0.3) is 41.3 Å². The molecule has 0 atom stereocenters. The van der Waals surface area contributed by atoms with Crippen molar-refractivity contribution in [3.63, 3.8) is 0 Å². The van der Waals surface area contributed by atoms with E-state index in [1.807, 2.05) is 67.1 Å². The molecule has 0 aliphatic carbocycles. The Morgan fingerprint density at radius 2 is 0.771 bits per heavy atom. The first-order chi connectivity index (χ1) is 56.0. The first-order valence-corrected chi connectivity index (χ1v) is 38.7. The largest absolute Gasteiger partial charge is 0.497 e. The Morgan fingerprint density at radius 1 is 0.441 bits per heavy atom. The summed E-state index contributed by atoms with van der Waals surface area (Å²) in [5.74, 6) is -9.74. The van der Waals surface area contributed by atoms with Crippen LogP contribution in [0.4, 0.5) is 28.9 Å². The van der Waals surface area contributed by atoms with Crippen LogP contribution in [0.3, 0.4) is 0 Å². The number of rotatable bonds is 29. The third kappa shape index (κ3) is 22.7. The number of amides is 6. The van der Waals surface area contributed by atoms with Gasteiger partial charge in [0.1, 0.15) is 30.1 Å². The molecule has 29 heteroatoms. The number of nitrogens with zero attached hydrogens (tertiary/aromatic N) is 6. The number of ether oxygens (including phenoxy) is 2. The number of aromatic nitrogens is 4. The molecule has 0 bridgehead atoms. The highest BCUT2D eigenvalue weighted by atomic mass is 32.2. The molecule has 0 spiro atoms. The van der Waals surface area contributed by atoms with Crippen LogP contribution in [-0.4, -0.2) is 124 Å². The zero-order chi connectivity index (χ0) is 84.8. The maximum Gasteiger partial charge on any atom is 0.328 e. The first kappa shape index (κ1) is 84.9. The second-order valence-electron chi connectivity index (χ2n) is 28.7. The molecule has 0 radical (unpaired) electrons. The number of carboxylic acid groups (broad SMARTS) is 1. The van der Waals surface area contributed by atoms with Crippen molar-refractivity contribution in [3.8, 4) is 79.4 Å². The summed E-state index contributed by atoms with van der Waals surface area (Å²) in [5, 5.41) is 25.6. The van der Waals surface area contributed by atoms with Crippen molar-refractivity contribution in [2.75, 3.05) is 44.2 Å². The molecule has 10 aromatic carbocycles. The summed E-state index contributed by atoms with van der Waals surface area (Å²) in [6.07, 6.45) is 0.145. The Labute approximate surface area is 677 Å². The van der Waals surface area contributed by atoms with E-state index < -0.39 is 81.9 Å². The minimum Gasteiger partial charge on any atom is -0.497 e. The van der Waals surface area contributed by atoms with Crippen molar-refractivity contribution >= 4 is 62.8 Å². The number of anilines is 2. The normalized spacial score (nSPS) is 11.5. The molecule has 0 saturated carbocycles. The van der Waals surface area contributed by atoms with Gasteiger partial charge in [-0.05, 0) is 169 Å². The van der Waals surface area contributed by atoms with Gasteiger partial charge in [0.05, 0.1) is 33.3 Å². The lowest BCUT2D eigenvalue weighted by atomic mass is 9.99. The molecule has 2 heterocycles. The SMILES string of the molecule is COc1ccc(CC(=O)Nc2ccc(C(=O)N(CC(=O)NC(C)(C)C(=O)O)Cc3ccc(-c4noc(-c5ccc(-c6ccc(C)cc6)cc5)n4)cc3)cc2)c(C(C)(F)F)c1.COc1ccc(CC(=O)Nc2ccc(C(=O)N(CC(=O)NS(C)(=O)=O)Cc3ccc(-c4noc(-c5ccc(-c6ccc(C)cc6)cc5)n4)cc3)cc2)c(C(C)(F)F)c1. The quantitative estimate of drug-likeness (QED) is 0.0272. The fourth-order valence-electron chi connectivity index (χ4n) is 12.4. The molecule has 606 valence electrons. The molecule has 0 aliphatic heterocycles. The standard InChI is InChI=1S/C46H43F2N5O7.C43H39F2N5O7S/c1-28-6-10-30(11-7-28)31-14-16-33(17-15-31)42-50-41(52-60-42)32-12-8-29(9-13-32)26-53(27-40(55)51-45(2,3)44(57)58)43(56)34-18-21-36(22-19-34)49-39(54)24-35-20-23-37(59-5)25-38(35)46(4,47)48;1-27-5-9-29(10-6-27)30-13-15-32(16-14-30)41-47-40(48-57-41)31-11-7-28(8-12-31)25-50(26-39(52)49-58(4,54)55)42(53)33-17-20-35(21-18-33)46-38(51)23-34-19-22-36(56-3)24-37(34)43(2,44)45/h6-23,25H,24,26-27H2,1-5H3,(H,49,54)(H,51,55)(H,57,58);5-22,24H,23,25-26H2,1-4H3,(H,46,51)(H,49,52). The molecule has 2 aromatic heterocycles. The maximum absolute atomic E-state index is 14.3. The predicted octanol–water partition coefficient (Wildman–Crippen LogP) is 15.7. The second-order valence-corrected chi connectivity index (χ2v) is 30.4. The number of benzene rings is 10. The average Bonchev–Trinajstić information content (AvgIpc) is 1.47. The van der Waals surface area contributed by atoms with Crippen LogP contribution in [0.15, 0.2) is 240 Å². The lowest BCUT2D eigenvalue weighted by molar-refractivity contribution is -0.146. The lowest BCUT2D eigenvalue weighted by Gasteiger charge is -2.26. The van der Waals surface area contributed by atoms with Gasteiger partial charge < -0.3 is 49.4 Å². The van der Waals surface area contributed by atoms with Crippen molar-refractivity contribution in [1.29, 1.82) is 0 Å². The number of hydrogen-bond donors (Lipinski definition) is 5. The van der Waals surface area contributed by atoms with Crippen LogP contribution < -0.4 is 30.1 Å². The van der Waals surface area contributed by atoms with E-state index in [1.54, 1.807) is 48.5 Å². The minimum absolute atomic E-state index is 0.0321. The van der Waals surface area contributed by atoms with Crippen molar-refractivity contribution in [1.82, 2.24) is 40.1 Å². The van der Waals surface area contributed by atoms with Crippen molar-refractivity contribution in [2.24, 2.45) is 0 Å². The number of alkyl halides is 4. The molecule has 118 heavy (non-hydrogen) atoms. The Bertz CT molecular complexity index is 5740. The predicted molar refractivity (Wildman–Crippen MR) is 436 cm³/mol. The molecule has 12 rings (SSSR count). The number of carbonyl (C=O) groups is 7. The van der Waals surface area contributed by atoms with Gasteiger partial charge in [0.15, 0.2) is 0 Å². The summed E-state index contributed by atoms with van der Waals surface area (Å²) in [6, 6.07) is 65.8. The molecular formula is C89H82F4N10O14S. The van der Waals surface area contributed by atoms with E-state index >= 15 is 0 Å². The number of aryl methyl sites for hydroxylation is 2. The number of carboxylic acids is 1. The zero-order valence-corrected chi connectivity index (χ0v) is 66.4. The number of hydrogen-bond acceptors (Lipinski definition) is 17. The summed E-state index contributed by atoms with van der Waals surface area (Å²) in [5.41, 5.74) is 9.56. The Balaban J connectivity index is 0.000000232. The van der Waals surface area contributed by atoms with E-state index in [2.05, 4.69) is 84.8 Å². The highest BCUT2D eigenvalue weighted by molar-refractivity contribution is 7.89. The summed E-state index contributed by atoms with van der Waals surface area (Å²) in [6.45, 7) is 7.05. The van der Waals surface area contributed by atoms with Gasteiger partial charge in [-0.25, -0.2) is 30.8 Å². The average molecular weight is 1620 g/mol. The summed E-state index contributed by atoms with van der Waals surface area (Å²) < 4.78 is 104. The van der Waals surface area contributed by atoms with Gasteiger partial charge in [-0.15, -0.1) is 0 Å². The van der Waals surface area contributed by atoms with E-state index in [1.165, 1.54) is 134 Å².